The molecular formula is C14H14ClN3O2. The fraction of sp³-hybridized carbons (Fsp3) is 0.143. The lowest BCUT2D eigenvalue weighted by Crippen LogP contribution is -2.15. The van der Waals surface area contributed by atoms with E-state index in [2.05, 4.69) is 10.3 Å². The fourth-order valence-electron chi connectivity index (χ4n) is 1.57. The van der Waals surface area contributed by atoms with Crippen LogP contribution in [0.5, 0.6) is 5.75 Å². The van der Waals surface area contributed by atoms with Gasteiger partial charge in [-0.25, -0.2) is 4.98 Å². The first-order valence-corrected chi connectivity index (χ1v) is 6.41. The Morgan fingerprint density at radius 3 is 2.90 bits per heavy atom. The number of amides is 1. The number of rotatable bonds is 5. The van der Waals surface area contributed by atoms with Crippen molar-refractivity contribution in [3.05, 3.63) is 47.7 Å². The van der Waals surface area contributed by atoms with Gasteiger partial charge in [0.1, 0.15) is 10.9 Å². The monoisotopic (exact) mass is 291 g/mol. The van der Waals surface area contributed by atoms with Crippen molar-refractivity contribution in [1.29, 1.82) is 0 Å². The normalized spacial score (nSPS) is 10.1. The van der Waals surface area contributed by atoms with E-state index in [1.54, 1.807) is 24.3 Å². The average molecular weight is 292 g/mol. The van der Waals surface area contributed by atoms with Crippen LogP contribution in [0.15, 0.2) is 42.6 Å². The molecule has 0 atom stereocenters. The Bertz CT molecular complexity index is 604. The Kier molecular flexibility index (Phi) is 4.79. The van der Waals surface area contributed by atoms with E-state index < -0.39 is 0 Å². The highest BCUT2D eigenvalue weighted by Gasteiger charge is 2.05. The van der Waals surface area contributed by atoms with Crippen molar-refractivity contribution < 1.29 is 9.53 Å². The van der Waals surface area contributed by atoms with Gasteiger partial charge in [-0.15, -0.1) is 0 Å². The van der Waals surface area contributed by atoms with E-state index in [1.807, 2.05) is 12.1 Å². The molecule has 5 nitrogen and oxygen atoms in total. The second-order valence-electron chi connectivity index (χ2n) is 4.05. The smallest absolute Gasteiger partial charge is 0.227 e. The predicted octanol–water partition coefficient (Wildman–Crippen LogP) is 2.72. The lowest BCUT2D eigenvalue weighted by atomic mass is 10.3. The molecule has 0 aliphatic heterocycles. The summed E-state index contributed by atoms with van der Waals surface area (Å²) in [6, 6.07) is 10.4. The number of nitrogens with zero attached hydrogens (tertiary/aromatic N) is 1. The number of pyridine rings is 1. The Morgan fingerprint density at radius 2 is 2.15 bits per heavy atom. The van der Waals surface area contributed by atoms with E-state index in [9.17, 15) is 4.79 Å². The van der Waals surface area contributed by atoms with Crippen LogP contribution in [0.2, 0.25) is 5.15 Å². The number of carbonyl (C=O) groups is 1. The molecule has 0 saturated carbocycles. The number of hydrogen-bond donors (Lipinski definition) is 2. The number of anilines is 2. The van der Waals surface area contributed by atoms with E-state index in [1.165, 1.54) is 6.20 Å². The average Bonchev–Trinajstić information content (AvgIpc) is 2.41. The van der Waals surface area contributed by atoms with Gasteiger partial charge in [-0.05, 0) is 24.3 Å². The van der Waals surface area contributed by atoms with E-state index in [0.29, 0.717) is 22.3 Å². The summed E-state index contributed by atoms with van der Waals surface area (Å²) in [6.07, 6.45) is 1.74. The maximum atomic E-state index is 11.7. The number of nitrogens with one attached hydrogen (secondary N) is 1. The number of benzene rings is 1. The highest BCUT2D eigenvalue weighted by Crippen LogP contribution is 2.19. The van der Waals surface area contributed by atoms with Crippen LogP contribution in [0, 0.1) is 0 Å². The van der Waals surface area contributed by atoms with E-state index in [4.69, 9.17) is 22.1 Å². The molecule has 1 aromatic heterocycles. The molecular weight excluding hydrogens is 278 g/mol. The van der Waals surface area contributed by atoms with Crippen LogP contribution >= 0.6 is 11.6 Å². The molecule has 6 heteroatoms. The van der Waals surface area contributed by atoms with Gasteiger partial charge in [0.05, 0.1) is 18.7 Å². The summed E-state index contributed by atoms with van der Waals surface area (Å²) >= 11 is 5.73. The summed E-state index contributed by atoms with van der Waals surface area (Å²) in [7, 11) is 0. The highest BCUT2D eigenvalue weighted by molar-refractivity contribution is 6.29. The Hall–Kier alpha value is -2.27. The number of carbonyl (C=O) groups excluding carboxylic acids is 1. The molecule has 2 aromatic rings. The summed E-state index contributed by atoms with van der Waals surface area (Å²) in [6.45, 7) is 0.249. The minimum atomic E-state index is -0.165. The van der Waals surface area contributed by atoms with Crippen LogP contribution in [0.4, 0.5) is 11.4 Å². The van der Waals surface area contributed by atoms with Crippen molar-refractivity contribution in [2.45, 2.75) is 6.42 Å². The summed E-state index contributed by atoms with van der Waals surface area (Å²) in [5.41, 5.74) is 6.89. The maximum Gasteiger partial charge on any atom is 0.227 e. The van der Waals surface area contributed by atoms with E-state index in [0.717, 1.165) is 0 Å². The minimum absolute atomic E-state index is 0.165. The minimum Gasteiger partial charge on any atom is -0.491 e. The number of para-hydroxylation sites is 2. The third-order valence-corrected chi connectivity index (χ3v) is 2.72. The predicted molar refractivity (Wildman–Crippen MR) is 78.8 cm³/mol. The van der Waals surface area contributed by atoms with Crippen LogP contribution in [0.3, 0.4) is 0 Å². The van der Waals surface area contributed by atoms with Gasteiger partial charge in [-0.2, -0.15) is 0 Å². The van der Waals surface area contributed by atoms with E-state index in [-0.39, 0.29) is 18.9 Å². The largest absolute Gasteiger partial charge is 0.491 e. The number of hydrogen-bond acceptors (Lipinski definition) is 4. The molecule has 0 saturated heterocycles. The molecule has 0 spiro atoms. The number of ether oxygens (including phenoxy) is 1. The molecule has 0 unspecified atom stereocenters. The molecule has 1 amide bonds. The molecule has 2 rings (SSSR count). The van der Waals surface area contributed by atoms with Crippen LogP contribution in [-0.4, -0.2) is 17.5 Å². The van der Waals surface area contributed by atoms with Crippen LogP contribution in [-0.2, 0) is 4.79 Å². The Labute approximate surface area is 121 Å². The molecule has 20 heavy (non-hydrogen) atoms. The molecule has 0 radical (unpaired) electrons. The third-order valence-electron chi connectivity index (χ3n) is 2.52. The standard InChI is InChI=1S/C14H14ClN3O2/c15-13-9-10(5-7-17-13)18-14(19)6-8-20-12-4-2-1-3-11(12)16/h1-5,7,9H,6,8,16H2,(H,17,18,19). The number of nitrogen functional groups attached to an aromatic ring is 1. The SMILES string of the molecule is Nc1ccccc1OCCC(=O)Nc1ccnc(Cl)c1. The lowest BCUT2D eigenvalue weighted by Gasteiger charge is -2.09. The Morgan fingerprint density at radius 1 is 1.35 bits per heavy atom. The van der Waals surface area contributed by atoms with Crippen LogP contribution in [0.1, 0.15) is 6.42 Å². The summed E-state index contributed by atoms with van der Waals surface area (Å²) in [5.74, 6) is 0.411. The number of nitrogens with two attached hydrogens (primary N) is 1. The zero-order valence-corrected chi connectivity index (χ0v) is 11.4. The second kappa shape index (κ2) is 6.77. The van der Waals surface area contributed by atoms with Crippen molar-refractivity contribution in [3.63, 3.8) is 0 Å². The van der Waals surface area contributed by atoms with Crippen molar-refractivity contribution in [2.75, 3.05) is 17.7 Å². The number of aromatic nitrogens is 1. The highest BCUT2D eigenvalue weighted by atomic mass is 35.5. The summed E-state index contributed by atoms with van der Waals surface area (Å²) in [5, 5.41) is 3.04. The molecule has 3 N–H and O–H groups in total. The first kappa shape index (κ1) is 14.1. The van der Waals surface area contributed by atoms with Gasteiger partial charge >= 0.3 is 0 Å². The molecule has 0 fully saturated rings. The molecule has 0 bridgehead atoms. The van der Waals surface area contributed by atoms with Gasteiger partial charge < -0.3 is 15.8 Å². The summed E-state index contributed by atoms with van der Waals surface area (Å²) < 4.78 is 5.44. The first-order chi connectivity index (χ1) is 9.65. The third kappa shape index (κ3) is 4.13. The molecule has 0 aliphatic carbocycles. The van der Waals surface area contributed by atoms with Gasteiger partial charge in [0.2, 0.25) is 5.91 Å². The van der Waals surface area contributed by atoms with E-state index >= 15 is 0 Å². The van der Waals surface area contributed by atoms with Gasteiger partial charge in [0.15, 0.2) is 0 Å². The van der Waals surface area contributed by atoms with Crippen LogP contribution in [0.25, 0.3) is 0 Å². The van der Waals surface area contributed by atoms with Gasteiger partial charge in [-0.3, -0.25) is 4.79 Å². The van der Waals surface area contributed by atoms with Gasteiger partial charge in [0.25, 0.3) is 0 Å². The van der Waals surface area contributed by atoms with Gasteiger partial charge in [-0.1, -0.05) is 23.7 Å². The van der Waals surface area contributed by atoms with Crippen molar-refractivity contribution >= 4 is 28.9 Å². The fourth-order valence-corrected chi connectivity index (χ4v) is 1.74. The zero-order chi connectivity index (χ0) is 14.4. The number of halogens is 1. The van der Waals surface area contributed by atoms with Crippen LogP contribution < -0.4 is 15.8 Å². The molecule has 1 aromatic carbocycles. The first-order valence-electron chi connectivity index (χ1n) is 6.04. The maximum absolute atomic E-state index is 11.7. The van der Waals surface area contributed by atoms with Crippen molar-refractivity contribution in [3.8, 4) is 5.75 Å². The zero-order valence-electron chi connectivity index (χ0n) is 10.7. The topological polar surface area (TPSA) is 77.2 Å². The quantitative estimate of drug-likeness (QED) is 0.656. The second-order valence-corrected chi connectivity index (χ2v) is 4.44. The van der Waals surface area contributed by atoms with Gasteiger partial charge in [0, 0.05) is 11.9 Å². The molecule has 0 aliphatic rings. The Balaban J connectivity index is 1.80. The van der Waals surface area contributed by atoms with Crippen molar-refractivity contribution in [1.82, 2.24) is 4.98 Å². The van der Waals surface area contributed by atoms with Crippen molar-refractivity contribution in [2.24, 2.45) is 0 Å². The summed E-state index contributed by atoms with van der Waals surface area (Å²) in [4.78, 5) is 15.5. The lowest BCUT2D eigenvalue weighted by molar-refractivity contribution is -0.116. The molecule has 1 heterocycles. The molecule has 104 valence electrons.